The molecule has 6 heteroatoms. The number of thiophene rings is 1. The number of amides is 1. The molecule has 104 valence electrons. The number of carboxylic acid groups (broad SMARTS) is 1. The van der Waals surface area contributed by atoms with Gasteiger partial charge in [-0.1, -0.05) is 18.2 Å². The van der Waals surface area contributed by atoms with Gasteiger partial charge in [0, 0.05) is 17.7 Å². The molecular weight excluding hydrogens is 278 g/mol. The zero-order chi connectivity index (χ0) is 14.2. The number of nitrogens with one attached hydrogen (secondary N) is 1. The number of carbonyl (C=O) groups excluding carboxylic acids is 1. The molecule has 1 atom stereocenters. The fraction of sp³-hybridized carbons (Fsp3) is 0.286. The monoisotopic (exact) mass is 291 g/mol. The van der Waals surface area contributed by atoms with Crippen molar-refractivity contribution in [1.29, 1.82) is 0 Å². The van der Waals surface area contributed by atoms with Crippen LogP contribution in [-0.4, -0.2) is 35.7 Å². The number of carboxylic acids is 1. The van der Waals surface area contributed by atoms with Gasteiger partial charge in [0.15, 0.2) is 5.54 Å². The van der Waals surface area contributed by atoms with Crippen LogP contribution in [0.3, 0.4) is 0 Å². The second-order valence-electron chi connectivity index (χ2n) is 4.79. The molecule has 3 rings (SSSR count). The van der Waals surface area contributed by atoms with Crippen LogP contribution in [0.5, 0.6) is 0 Å². The predicted molar refractivity (Wildman–Crippen MR) is 75.1 cm³/mol. The normalized spacial score (nSPS) is 22.0. The van der Waals surface area contributed by atoms with Gasteiger partial charge in [-0.2, -0.15) is 0 Å². The van der Waals surface area contributed by atoms with Gasteiger partial charge in [0.05, 0.1) is 11.5 Å². The van der Waals surface area contributed by atoms with Crippen LogP contribution in [0, 0.1) is 0 Å². The lowest BCUT2D eigenvalue weighted by Gasteiger charge is -2.23. The predicted octanol–water partition coefficient (Wildman–Crippen LogP) is 1.87. The summed E-state index contributed by atoms with van der Waals surface area (Å²) in [5, 5.41) is 12.9. The summed E-state index contributed by atoms with van der Waals surface area (Å²) < 4.78 is 6.13. The van der Waals surface area contributed by atoms with Crippen molar-refractivity contribution in [2.45, 2.75) is 12.0 Å². The van der Waals surface area contributed by atoms with Crippen molar-refractivity contribution >= 4 is 33.3 Å². The summed E-state index contributed by atoms with van der Waals surface area (Å²) in [6.45, 7) is 0.359. The average molecular weight is 291 g/mol. The van der Waals surface area contributed by atoms with Crippen molar-refractivity contribution in [3.05, 3.63) is 35.2 Å². The summed E-state index contributed by atoms with van der Waals surface area (Å²) in [6.07, 6.45) is 0.291. The molecule has 0 bridgehead atoms. The van der Waals surface area contributed by atoms with Crippen molar-refractivity contribution in [3.63, 3.8) is 0 Å². The fourth-order valence-electron chi connectivity index (χ4n) is 2.26. The highest BCUT2D eigenvalue weighted by atomic mass is 32.1. The first-order chi connectivity index (χ1) is 9.61. The van der Waals surface area contributed by atoms with Crippen LogP contribution in [0.4, 0.5) is 0 Å². The van der Waals surface area contributed by atoms with Crippen LogP contribution in [-0.2, 0) is 9.53 Å². The van der Waals surface area contributed by atoms with E-state index in [1.165, 1.54) is 11.3 Å². The van der Waals surface area contributed by atoms with E-state index in [0.717, 1.165) is 10.1 Å². The van der Waals surface area contributed by atoms with E-state index in [1.807, 2.05) is 24.3 Å². The van der Waals surface area contributed by atoms with Crippen LogP contribution >= 0.6 is 11.3 Å². The summed E-state index contributed by atoms with van der Waals surface area (Å²) in [5.41, 5.74) is -1.30. The number of rotatable bonds is 3. The molecule has 0 saturated carbocycles. The summed E-state index contributed by atoms with van der Waals surface area (Å²) in [4.78, 5) is 24.1. The molecule has 0 radical (unpaired) electrons. The Bertz CT molecular complexity index is 640. The number of fused-ring (bicyclic) bond motifs is 1. The van der Waals surface area contributed by atoms with Gasteiger partial charge in [-0.05, 0) is 17.5 Å². The van der Waals surface area contributed by atoms with Crippen LogP contribution < -0.4 is 5.32 Å². The van der Waals surface area contributed by atoms with Crippen LogP contribution in [0.1, 0.15) is 16.1 Å². The van der Waals surface area contributed by atoms with E-state index in [4.69, 9.17) is 4.74 Å². The van der Waals surface area contributed by atoms with Crippen molar-refractivity contribution < 1.29 is 19.4 Å². The average Bonchev–Trinajstić information content (AvgIpc) is 3.05. The number of hydrogen-bond donors (Lipinski definition) is 2. The van der Waals surface area contributed by atoms with Crippen LogP contribution in [0.15, 0.2) is 30.3 Å². The van der Waals surface area contributed by atoms with E-state index in [-0.39, 0.29) is 12.5 Å². The van der Waals surface area contributed by atoms with Crippen molar-refractivity contribution in [2.75, 3.05) is 13.2 Å². The van der Waals surface area contributed by atoms with Gasteiger partial charge in [0.1, 0.15) is 0 Å². The minimum Gasteiger partial charge on any atom is -0.479 e. The number of ether oxygens (including phenoxy) is 1. The molecule has 5 nitrogen and oxygen atoms in total. The molecule has 1 aliphatic heterocycles. The molecule has 1 fully saturated rings. The Morgan fingerprint density at radius 1 is 1.35 bits per heavy atom. The van der Waals surface area contributed by atoms with E-state index >= 15 is 0 Å². The second-order valence-corrected chi connectivity index (χ2v) is 5.88. The topological polar surface area (TPSA) is 75.6 Å². The van der Waals surface area contributed by atoms with Gasteiger partial charge in [-0.25, -0.2) is 4.79 Å². The SMILES string of the molecule is O=C(NC1(C(=O)O)CCOC1)c1cc2ccccc2s1. The molecule has 0 spiro atoms. The summed E-state index contributed by atoms with van der Waals surface area (Å²) in [7, 11) is 0. The summed E-state index contributed by atoms with van der Waals surface area (Å²) >= 11 is 1.35. The van der Waals surface area contributed by atoms with Gasteiger partial charge >= 0.3 is 5.97 Å². The Kier molecular flexibility index (Phi) is 3.19. The zero-order valence-electron chi connectivity index (χ0n) is 10.6. The Morgan fingerprint density at radius 2 is 2.15 bits per heavy atom. The number of aliphatic carboxylic acids is 1. The first-order valence-electron chi connectivity index (χ1n) is 6.23. The minimum atomic E-state index is -1.30. The molecule has 0 aliphatic carbocycles. The Labute approximate surface area is 119 Å². The van der Waals surface area contributed by atoms with Crippen LogP contribution in [0.25, 0.3) is 10.1 Å². The molecule has 1 aromatic carbocycles. The molecular formula is C14H13NO4S. The third-order valence-corrected chi connectivity index (χ3v) is 4.55. The van der Waals surface area contributed by atoms with Crippen molar-refractivity contribution in [3.8, 4) is 0 Å². The highest BCUT2D eigenvalue weighted by molar-refractivity contribution is 7.20. The number of carbonyl (C=O) groups is 2. The maximum absolute atomic E-state index is 12.3. The lowest BCUT2D eigenvalue weighted by atomic mass is 9.99. The molecule has 1 saturated heterocycles. The quantitative estimate of drug-likeness (QED) is 0.905. The van der Waals surface area contributed by atoms with Gasteiger partial charge in [-0.15, -0.1) is 11.3 Å². The molecule has 1 unspecified atom stereocenters. The summed E-state index contributed by atoms with van der Waals surface area (Å²) in [5.74, 6) is -1.41. The van der Waals surface area contributed by atoms with E-state index in [9.17, 15) is 14.7 Å². The van der Waals surface area contributed by atoms with Gasteiger partial charge < -0.3 is 15.2 Å². The van der Waals surface area contributed by atoms with E-state index < -0.39 is 11.5 Å². The first-order valence-corrected chi connectivity index (χ1v) is 7.05. The summed E-state index contributed by atoms with van der Waals surface area (Å²) in [6, 6.07) is 9.45. The largest absolute Gasteiger partial charge is 0.479 e. The Balaban J connectivity index is 1.87. The number of hydrogen-bond acceptors (Lipinski definition) is 4. The highest BCUT2D eigenvalue weighted by Gasteiger charge is 2.44. The lowest BCUT2D eigenvalue weighted by Crippen LogP contribution is -2.55. The zero-order valence-corrected chi connectivity index (χ0v) is 11.4. The highest BCUT2D eigenvalue weighted by Crippen LogP contribution is 2.26. The number of benzene rings is 1. The Hall–Kier alpha value is -1.92. The van der Waals surface area contributed by atoms with E-state index in [0.29, 0.717) is 17.9 Å². The third-order valence-electron chi connectivity index (χ3n) is 3.43. The van der Waals surface area contributed by atoms with Crippen LogP contribution in [0.2, 0.25) is 0 Å². The molecule has 1 amide bonds. The maximum Gasteiger partial charge on any atom is 0.331 e. The lowest BCUT2D eigenvalue weighted by molar-refractivity contribution is -0.144. The minimum absolute atomic E-state index is 0.0129. The second kappa shape index (κ2) is 4.88. The van der Waals surface area contributed by atoms with E-state index in [1.54, 1.807) is 6.07 Å². The van der Waals surface area contributed by atoms with Gasteiger partial charge in [0.2, 0.25) is 0 Å². The van der Waals surface area contributed by atoms with E-state index in [2.05, 4.69) is 5.32 Å². The third kappa shape index (κ3) is 2.17. The molecule has 2 N–H and O–H groups in total. The standard InChI is InChI=1S/C14H13NO4S/c16-12(15-14(13(17)18)5-6-19-8-14)11-7-9-3-1-2-4-10(9)20-11/h1-4,7H,5-6,8H2,(H,15,16)(H,17,18). The molecule has 1 aromatic heterocycles. The molecule has 2 heterocycles. The molecule has 1 aliphatic rings. The maximum atomic E-state index is 12.3. The molecule has 20 heavy (non-hydrogen) atoms. The first kappa shape index (κ1) is 13.1. The Morgan fingerprint density at radius 3 is 2.80 bits per heavy atom. The molecule has 2 aromatic rings. The van der Waals surface area contributed by atoms with Crippen molar-refractivity contribution in [1.82, 2.24) is 5.32 Å². The van der Waals surface area contributed by atoms with Gasteiger partial charge in [0.25, 0.3) is 5.91 Å². The smallest absolute Gasteiger partial charge is 0.331 e. The van der Waals surface area contributed by atoms with Crippen molar-refractivity contribution in [2.24, 2.45) is 0 Å². The fourth-order valence-corrected chi connectivity index (χ4v) is 3.22. The van der Waals surface area contributed by atoms with Gasteiger partial charge in [-0.3, -0.25) is 4.79 Å².